The van der Waals surface area contributed by atoms with Gasteiger partial charge in [-0.05, 0) is 18.6 Å². The zero-order valence-corrected chi connectivity index (χ0v) is 8.96. The van der Waals surface area contributed by atoms with Gasteiger partial charge in [0.2, 0.25) is 0 Å². The summed E-state index contributed by atoms with van der Waals surface area (Å²) in [7, 11) is 1.26. The van der Waals surface area contributed by atoms with Gasteiger partial charge < -0.3 is 9.84 Å². The van der Waals surface area contributed by atoms with Crippen LogP contribution in [0.3, 0.4) is 0 Å². The fourth-order valence-electron chi connectivity index (χ4n) is 1.53. The van der Waals surface area contributed by atoms with Crippen LogP contribution in [0.4, 0.5) is 8.78 Å². The van der Waals surface area contributed by atoms with E-state index in [1.807, 2.05) is 0 Å². The maximum absolute atomic E-state index is 12.6. The first-order valence-corrected chi connectivity index (χ1v) is 4.63. The van der Waals surface area contributed by atoms with Gasteiger partial charge in [0.25, 0.3) is 6.43 Å². The number of rotatable bonds is 4. The summed E-state index contributed by atoms with van der Waals surface area (Å²) in [5.74, 6) is -1.11. The molecule has 0 aromatic heterocycles. The Hall–Kier alpha value is -1.65. The molecule has 1 aromatic carbocycles. The second-order valence-corrected chi connectivity index (χ2v) is 3.35. The van der Waals surface area contributed by atoms with Gasteiger partial charge in [0, 0.05) is 5.56 Å². The molecule has 0 amide bonds. The van der Waals surface area contributed by atoms with E-state index >= 15 is 0 Å². The van der Waals surface area contributed by atoms with E-state index in [2.05, 4.69) is 0 Å². The molecule has 0 unspecified atom stereocenters. The number of ether oxygens (including phenoxy) is 1. The monoisotopic (exact) mass is 230 g/mol. The van der Waals surface area contributed by atoms with E-state index in [1.165, 1.54) is 19.2 Å². The summed E-state index contributed by atoms with van der Waals surface area (Å²) in [5, 5.41) is 8.70. The molecule has 0 atom stereocenters. The smallest absolute Gasteiger partial charge is 0.307 e. The van der Waals surface area contributed by atoms with Gasteiger partial charge in [0.05, 0.1) is 19.1 Å². The Balaban J connectivity index is 3.32. The van der Waals surface area contributed by atoms with Gasteiger partial charge in [-0.15, -0.1) is 0 Å². The van der Waals surface area contributed by atoms with E-state index in [9.17, 15) is 13.6 Å². The van der Waals surface area contributed by atoms with Crippen molar-refractivity contribution in [3.63, 3.8) is 0 Å². The molecule has 5 heteroatoms. The van der Waals surface area contributed by atoms with Gasteiger partial charge in [-0.1, -0.05) is 6.07 Å². The van der Waals surface area contributed by atoms with Crippen LogP contribution < -0.4 is 4.74 Å². The van der Waals surface area contributed by atoms with Crippen molar-refractivity contribution in [2.75, 3.05) is 7.11 Å². The molecule has 0 aliphatic rings. The molecular formula is C11H12F2O3. The van der Waals surface area contributed by atoms with Crippen LogP contribution in [0.2, 0.25) is 0 Å². The Morgan fingerprint density at radius 1 is 1.50 bits per heavy atom. The van der Waals surface area contributed by atoms with Crippen molar-refractivity contribution in [3.8, 4) is 5.75 Å². The van der Waals surface area contributed by atoms with Crippen molar-refractivity contribution < 1.29 is 23.4 Å². The summed E-state index contributed by atoms with van der Waals surface area (Å²) < 4.78 is 30.1. The Labute approximate surface area is 91.7 Å². The highest BCUT2D eigenvalue weighted by Gasteiger charge is 2.20. The largest absolute Gasteiger partial charge is 0.496 e. The van der Waals surface area contributed by atoms with Crippen LogP contribution in [0.15, 0.2) is 12.1 Å². The number of carboxylic acid groups (broad SMARTS) is 1. The zero-order chi connectivity index (χ0) is 12.3. The predicted octanol–water partition coefficient (Wildman–Crippen LogP) is 2.57. The molecule has 0 fully saturated rings. The summed E-state index contributed by atoms with van der Waals surface area (Å²) >= 11 is 0. The van der Waals surface area contributed by atoms with Crippen molar-refractivity contribution in [2.24, 2.45) is 0 Å². The lowest BCUT2D eigenvalue weighted by Gasteiger charge is -2.14. The number of carbonyl (C=O) groups is 1. The van der Waals surface area contributed by atoms with Crippen molar-refractivity contribution in [1.29, 1.82) is 0 Å². The molecular weight excluding hydrogens is 218 g/mol. The van der Waals surface area contributed by atoms with E-state index in [1.54, 1.807) is 6.92 Å². The molecule has 3 nitrogen and oxygen atoms in total. The van der Waals surface area contributed by atoms with Crippen LogP contribution in [0.25, 0.3) is 0 Å². The molecule has 0 saturated heterocycles. The summed E-state index contributed by atoms with van der Waals surface area (Å²) in [6.07, 6.45) is -3.00. The number of hydrogen-bond donors (Lipinski definition) is 1. The SMILES string of the molecule is COc1c(C(F)F)ccc(C)c1CC(=O)O. The second-order valence-electron chi connectivity index (χ2n) is 3.35. The third-order valence-electron chi connectivity index (χ3n) is 2.29. The average Bonchev–Trinajstić information content (AvgIpc) is 2.19. The van der Waals surface area contributed by atoms with Crippen LogP contribution in [0.5, 0.6) is 5.75 Å². The minimum atomic E-state index is -2.68. The summed E-state index contributed by atoms with van der Waals surface area (Å²) in [6, 6.07) is 2.73. The third kappa shape index (κ3) is 2.48. The van der Waals surface area contributed by atoms with E-state index in [0.29, 0.717) is 11.1 Å². The summed E-state index contributed by atoms with van der Waals surface area (Å²) in [4.78, 5) is 10.6. The van der Waals surface area contributed by atoms with Crippen molar-refractivity contribution in [1.82, 2.24) is 0 Å². The molecule has 88 valence electrons. The highest BCUT2D eigenvalue weighted by molar-refractivity contribution is 5.72. The minimum absolute atomic E-state index is 0.0302. The topological polar surface area (TPSA) is 46.5 Å². The number of hydrogen-bond acceptors (Lipinski definition) is 2. The van der Waals surface area contributed by atoms with Crippen molar-refractivity contribution in [2.45, 2.75) is 19.8 Å². The van der Waals surface area contributed by atoms with E-state index < -0.39 is 12.4 Å². The van der Waals surface area contributed by atoms with Crippen LogP contribution in [0, 0.1) is 6.92 Å². The summed E-state index contributed by atoms with van der Waals surface area (Å²) in [6.45, 7) is 1.66. The normalized spacial score (nSPS) is 10.6. The number of carboxylic acids is 1. The van der Waals surface area contributed by atoms with Crippen LogP contribution in [-0.2, 0) is 11.2 Å². The van der Waals surface area contributed by atoms with Crippen LogP contribution >= 0.6 is 0 Å². The van der Waals surface area contributed by atoms with Gasteiger partial charge in [0.1, 0.15) is 5.75 Å². The first kappa shape index (κ1) is 12.4. The van der Waals surface area contributed by atoms with E-state index in [4.69, 9.17) is 9.84 Å². The van der Waals surface area contributed by atoms with Crippen LogP contribution in [0.1, 0.15) is 23.1 Å². The van der Waals surface area contributed by atoms with Gasteiger partial charge in [-0.25, -0.2) is 8.78 Å². The van der Waals surface area contributed by atoms with Gasteiger partial charge >= 0.3 is 5.97 Å². The Morgan fingerprint density at radius 2 is 2.12 bits per heavy atom. The number of aliphatic carboxylic acids is 1. The molecule has 0 aliphatic heterocycles. The lowest BCUT2D eigenvalue weighted by molar-refractivity contribution is -0.136. The minimum Gasteiger partial charge on any atom is -0.496 e. The van der Waals surface area contributed by atoms with E-state index in [0.717, 1.165) is 0 Å². The molecule has 16 heavy (non-hydrogen) atoms. The van der Waals surface area contributed by atoms with Gasteiger partial charge in [-0.2, -0.15) is 0 Å². The lowest BCUT2D eigenvalue weighted by atomic mass is 10.0. The van der Waals surface area contributed by atoms with Gasteiger partial charge in [-0.3, -0.25) is 4.79 Å². The fourth-order valence-corrected chi connectivity index (χ4v) is 1.53. The second kappa shape index (κ2) is 4.92. The summed E-state index contributed by atoms with van der Waals surface area (Å²) in [5.41, 5.74) is 0.654. The molecule has 0 heterocycles. The van der Waals surface area contributed by atoms with Crippen LogP contribution in [-0.4, -0.2) is 18.2 Å². The highest BCUT2D eigenvalue weighted by Crippen LogP contribution is 2.34. The third-order valence-corrected chi connectivity index (χ3v) is 2.29. The molecule has 1 N–H and O–H groups in total. The Bertz CT molecular complexity index is 402. The average molecular weight is 230 g/mol. The Morgan fingerprint density at radius 3 is 2.56 bits per heavy atom. The molecule has 0 aliphatic carbocycles. The molecule has 1 aromatic rings. The van der Waals surface area contributed by atoms with Crippen molar-refractivity contribution in [3.05, 3.63) is 28.8 Å². The first-order chi connectivity index (χ1) is 7.47. The van der Waals surface area contributed by atoms with Gasteiger partial charge in [0.15, 0.2) is 0 Å². The maximum atomic E-state index is 12.6. The van der Waals surface area contributed by atoms with E-state index in [-0.39, 0.29) is 17.7 Å². The quantitative estimate of drug-likeness (QED) is 0.864. The number of halogens is 2. The first-order valence-electron chi connectivity index (χ1n) is 4.63. The molecule has 0 spiro atoms. The zero-order valence-electron chi connectivity index (χ0n) is 8.96. The molecule has 1 rings (SSSR count). The predicted molar refractivity (Wildman–Crippen MR) is 54.0 cm³/mol. The fraction of sp³-hybridized carbons (Fsp3) is 0.364. The molecule has 0 bridgehead atoms. The molecule has 0 radical (unpaired) electrons. The lowest BCUT2D eigenvalue weighted by Crippen LogP contribution is -2.06. The highest BCUT2D eigenvalue weighted by atomic mass is 19.3. The Kier molecular flexibility index (Phi) is 3.82. The number of aryl methyl sites for hydroxylation is 1. The standard InChI is InChI=1S/C11H12F2O3/c1-6-3-4-7(11(12)13)10(16-2)8(6)5-9(14)15/h3-4,11H,5H2,1-2H3,(H,14,15). The van der Waals surface area contributed by atoms with Crippen molar-refractivity contribution >= 4 is 5.97 Å². The number of alkyl halides is 2. The maximum Gasteiger partial charge on any atom is 0.307 e. The molecule has 0 saturated carbocycles. The number of benzene rings is 1. The number of methoxy groups -OCH3 is 1.